The van der Waals surface area contributed by atoms with Crippen LogP contribution in [-0.2, 0) is 11.0 Å². The molecule has 184 valence electrons. The molecule has 1 atom stereocenters. The molecular weight excluding hydrogens is 473 g/mol. The number of carbonyl (C=O) groups excluding carboxylic acids is 2. The topological polar surface area (TPSA) is 78.2 Å². The van der Waals surface area contributed by atoms with E-state index < -0.39 is 23.3 Å². The highest BCUT2D eigenvalue weighted by Gasteiger charge is 2.41. The molecule has 1 saturated heterocycles. The van der Waals surface area contributed by atoms with E-state index in [-0.39, 0.29) is 47.4 Å². The van der Waals surface area contributed by atoms with E-state index in [1.54, 1.807) is 11.8 Å². The molecule has 5 rings (SSSR count). The fourth-order valence-electron chi connectivity index (χ4n) is 5.13. The van der Waals surface area contributed by atoms with Gasteiger partial charge in [-0.25, -0.2) is 4.98 Å². The number of amides is 2. The van der Waals surface area contributed by atoms with E-state index in [4.69, 9.17) is 11.6 Å². The Bertz CT molecular complexity index is 1140. The number of aliphatic hydroxyl groups is 1. The Balaban J connectivity index is 1.43. The molecule has 11 heteroatoms. The van der Waals surface area contributed by atoms with Crippen LogP contribution in [0.15, 0.2) is 12.3 Å². The number of pyridine rings is 1. The second-order valence-electron chi connectivity index (χ2n) is 9.69. The van der Waals surface area contributed by atoms with Crippen molar-refractivity contribution in [3.63, 3.8) is 0 Å². The summed E-state index contributed by atoms with van der Waals surface area (Å²) in [5.41, 5.74) is -1.10. The Kier molecular flexibility index (Phi) is 5.79. The van der Waals surface area contributed by atoms with Gasteiger partial charge in [-0.05, 0) is 63.0 Å². The average Bonchev–Trinajstić information content (AvgIpc) is 3.58. The maximum atomic E-state index is 13.8. The van der Waals surface area contributed by atoms with Gasteiger partial charge in [0.2, 0.25) is 5.91 Å². The first kappa shape index (κ1) is 23.4. The lowest BCUT2D eigenvalue weighted by Crippen LogP contribution is -2.60. The number of aromatic nitrogens is 2. The van der Waals surface area contributed by atoms with Crippen LogP contribution in [0.3, 0.4) is 0 Å². The Hall–Kier alpha value is -2.33. The van der Waals surface area contributed by atoms with E-state index in [9.17, 15) is 27.9 Å². The zero-order valence-corrected chi connectivity index (χ0v) is 19.4. The maximum Gasteiger partial charge on any atom is 0.419 e. The van der Waals surface area contributed by atoms with Crippen LogP contribution in [0.1, 0.15) is 73.0 Å². The number of fused-ring (bicyclic) bond motifs is 1. The molecule has 1 aliphatic heterocycles. The quantitative estimate of drug-likeness (QED) is 0.697. The van der Waals surface area contributed by atoms with Gasteiger partial charge in [-0.15, -0.1) is 0 Å². The van der Waals surface area contributed by atoms with E-state index in [0.717, 1.165) is 23.3 Å². The van der Waals surface area contributed by atoms with Crippen LogP contribution in [-0.4, -0.2) is 67.4 Å². The zero-order chi connectivity index (χ0) is 24.4. The van der Waals surface area contributed by atoms with Crippen molar-refractivity contribution in [2.45, 2.75) is 75.7 Å². The Morgan fingerprint density at radius 2 is 1.85 bits per heavy atom. The van der Waals surface area contributed by atoms with Crippen molar-refractivity contribution in [2.75, 3.05) is 13.1 Å². The second-order valence-corrected chi connectivity index (χ2v) is 10.1. The molecular formula is C23H26ClF3N4O3. The summed E-state index contributed by atoms with van der Waals surface area (Å²) in [6.45, 7) is 1.92. The standard InChI is InChI=1S/C23H26ClF3N4O3/c1-12-9-30(15-4-6-16(32)7-5-15)18(33)11-29(12)22(34)19-20(24)31-10-14(13-2-3-13)8-17(21(31)28-19)23(25,26)27/h8,10,12-13,15-16,32H,2-7,9,11H2,1H3. The maximum absolute atomic E-state index is 13.8. The molecule has 3 aliphatic rings. The molecule has 7 nitrogen and oxygen atoms in total. The normalized spacial score (nSPS) is 26.4. The highest BCUT2D eigenvalue weighted by molar-refractivity contribution is 6.33. The molecule has 2 aromatic rings. The molecule has 1 unspecified atom stereocenters. The lowest BCUT2D eigenvalue weighted by molar-refractivity contribution is -0.141. The highest BCUT2D eigenvalue weighted by atomic mass is 35.5. The van der Waals surface area contributed by atoms with Crippen molar-refractivity contribution >= 4 is 29.1 Å². The van der Waals surface area contributed by atoms with Crippen molar-refractivity contribution in [1.29, 1.82) is 0 Å². The van der Waals surface area contributed by atoms with Gasteiger partial charge in [0.1, 0.15) is 11.7 Å². The van der Waals surface area contributed by atoms with Crippen molar-refractivity contribution in [3.8, 4) is 0 Å². The van der Waals surface area contributed by atoms with Gasteiger partial charge in [0.15, 0.2) is 11.3 Å². The SMILES string of the molecule is CC1CN(C2CCC(O)CC2)C(=O)CN1C(=O)c1nc2c(C(F)(F)F)cc(C3CC3)cn2c1Cl. The lowest BCUT2D eigenvalue weighted by atomic mass is 9.91. The minimum absolute atomic E-state index is 0.0181. The average molecular weight is 499 g/mol. The van der Waals surface area contributed by atoms with Gasteiger partial charge in [0.05, 0.1) is 11.7 Å². The van der Waals surface area contributed by atoms with Crippen molar-refractivity contribution in [2.24, 2.45) is 0 Å². The van der Waals surface area contributed by atoms with E-state index in [2.05, 4.69) is 4.98 Å². The lowest BCUT2D eigenvalue weighted by Gasteiger charge is -2.44. The fraction of sp³-hybridized carbons (Fsp3) is 0.609. The van der Waals surface area contributed by atoms with E-state index in [1.807, 2.05) is 0 Å². The fourth-order valence-corrected chi connectivity index (χ4v) is 5.38. The van der Waals surface area contributed by atoms with Crippen LogP contribution in [0.25, 0.3) is 5.65 Å². The van der Waals surface area contributed by atoms with Gasteiger partial charge in [-0.2, -0.15) is 13.2 Å². The van der Waals surface area contributed by atoms with Gasteiger partial charge in [-0.3, -0.25) is 14.0 Å². The highest BCUT2D eigenvalue weighted by Crippen LogP contribution is 2.43. The van der Waals surface area contributed by atoms with Crippen molar-refractivity contribution < 1.29 is 27.9 Å². The van der Waals surface area contributed by atoms with Crippen LogP contribution in [0.2, 0.25) is 5.15 Å². The number of piperazine rings is 1. The van der Waals surface area contributed by atoms with Crippen molar-refractivity contribution in [1.82, 2.24) is 19.2 Å². The summed E-state index contributed by atoms with van der Waals surface area (Å²) in [5.74, 6) is -0.830. The van der Waals surface area contributed by atoms with Crippen LogP contribution < -0.4 is 0 Å². The number of alkyl halides is 3. The Labute approximate surface area is 199 Å². The van der Waals surface area contributed by atoms with Crippen LogP contribution in [0, 0.1) is 0 Å². The molecule has 3 heterocycles. The smallest absolute Gasteiger partial charge is 0.393 e. The minimum atomic E-state index is -4.65. The summed E-state index contributed by atoms with van der Waals surface area (Å²) in [7, 11) is 0. The number of rotatable bonds is 3. The molecule has 1 N–H and O–H groups in total. The number of hydrogen-bond donors (Lipinski definition) is 1. The molecule has 2 aromatic heterocycles. The monoisotopic (exact) mass is 498 g/mol. The zero-order valence-electron chi connectivity index (χ0n) is 18.7. The van der Waals surface area contributed by atoms with E-state index in [1.165, 1.54) is 11.1 Å². The molecule has 0 spiro atoms. The predicted octanol–water partition coefficient (Wildman–Crippen LogP) is 3.86. The van der Waals surface area contributed by atoms with Gasteiger partial charge in [0, 0.05) is 24.8 Å². The van der Waals surface area contributed by atoms with Gasteiger partial charge >= 0.3 is 6.18 Å². The third kappa shape index (κ3) is 4.15. The first-order chi connectivity index (χ1) is 16.0. The minimum Gasteiger partial charge on any atom is -0.393 e. The van der Waals surface area contributed by atoms with Crippen molar-refractivity contribution in [3.05, 3.63) is 34.2 Å². The molecule has 2 aliphatic carbocycles. The van der Waals surface area contributed by atoms with Gasteiger partial charge < -0.3 is 14.9 Å². The third-order valence-electron chi connectivity index (χ3n) is 7.23. The third-order valence-corrected chi connectivity index (χ3v) is 7.59. The number of hydrogen-bond acceptors (Lipinski definition) is 4. The van der Waals surface area contributed by atoms with Crippen LogP contribution in [0.5, 0.6) is 0 Å². The Morgan fingerprint density at radius 1 is 1.18 bits per heavy atom. The number of nitrogens with zero attached hydrogens (tertiary/aromatic N) is 4. The molecule has 0 radical (unpaired) electrons. The summed E-state index contributed by atoms with van der Waals surface area (Å²) in [6.07, 6.45) is 0.827. The molecule has 2 saturated carbocycles. The molecule has 34 heavy (non-hydrogen) atoms. The summed E-state index contributed by atoms with van der Waals surface area (Å²) in [4.78, 5) is 33.4. The molecule has 2 amide bonds. The van der Waals surface area contributed by atoms with Crippen LogP contribution >= 0.6 is 11.6 Å². The van der Waals surface area contributed by atoms with Gasteiger partial charge in [0.25, 0.3) is 5.91 Å². The van der Waals surface area contributed by atoms with Gasteiger partial charge in [-0.1, -0.05) is 11.6 Å². The number of aliphatic hydroxyl groups excluding tert-OH is 1. The summed E-state index contributed by atoms with van der Waals surface area (Å²) < 4.78 is 42.5. The van der Waals surface area contributed by atoms with E-state index in [0.29, 0.717) is 37.8 Å². The predicted molar refractivity (Wildman–Crippen MR) is 118 cm³/mol. The molecule has 0 bridgehead atoms. The summed E-state index contributed by atoms with van der Waals surface area (Å²) in [6, 6.07) is 0.753. The number of carbonyl (C=O) groups is 2. The molecule has 0 aromatic carbocycles. The first-order valence-electron chi connectivity index (χ1n) is 11.6. The Morgan fingerprint density at radius 3 is 2.47 bits per heavy atom. The summed E-state index contributed by atoms with van der Waals surface area (Å²) in [5, 5.41) is 9.56. The largest absolute Gasteiger partial charge is 0.419 e. The van der Waals surface area contributed by atoms with E-state index >= 15 is 0 Å². The summed E-state index contributed by atoms with van der Waals surface area (Å²) >= 11 is 6.41. The number of halogens is 4. The van der Waals surface area contributed by atoms with Crippen LogP contribution in [0.4, 0.5) is 13.2 Å². The molecule has 3 fully saturated rings. The second kappa shape index (κ2) is 8.41. The first-order valence-corrected chi connectivity index (χ1v) is 12.0. The number of imidazole rings is 1.